The van der Waals surface area contributed by atoms with E-state index < -0.39 is 0 Å². The number of aromatic nitrogens is 2. The predicted molar refractivity (Wildman–Crippen MR) is 91.5 cm³/mol. The van der Waals surface area contributed by atoms with Crippen LogP contribution in [0.4, 0.5) is 5.13 Å². The molecule has 0 saturated carbocycles. The lowest BCUT2D eigenvalue weighted by molar-refractivity contribution is 0.102. The van der Waals surface area contributed by atoms with Crippen LogP contribution < -0.4 is 10.1 Å². The minimum absolute atomic E-state index is 0.0738. The molecule has 2 aromatic rings. The third-order valence-corrected chi connectivity index (χ3v) is 5.11. The molecular formula is C17H21N3O2S. The molecule has 1 aromatic heterocycles. The van der Waals surface area contributed by atoms with Gasteiger partial charge in [-0.1, -0.05) is 46.0 Å². The van der Waals surface area contributed by atoms with Crippen LogP contribution in [0.15, 0.2) is 18.2 Å². The standard InChI is InChI=1S/C17H21N3O2S/c1-16(2,3)14-19-20-15(23-14)18-13(21)10-6-7-12-11(8-10)17(4,5)9-22-12/h6-8H,9H2,1-5H3,(H,18,20,21). The van der Waals surface area contributed by atoms with Crippen molar-refractivity contribution in [1.82, 2.24) is 10.2 Å². The molecule has 0 spiro atoms. The first kappa shape index (κ1) is 15.9. The van der Waals surface area contributed by atoms with Gasteiger partial charge < -0.3 is 4.74 Å². The fraction of sp³-hybridized carbons (Fsp3) is 0.471. The molecule has 0 saturated heterocycles. The van der Waals surface area contributed by atoms with E-state index in [0.29, 0.717) is 17.3 Å². The number of hydrogen-bond donors (Lipinski definition) is 1. The molecule has 0 aliphatic carbocycles. The van der Waals surface area contributed by atoms with Crippen LogP contribution >= 0.6 is 11.3 Å². The van der Waals surface area contributed by atoms with Crippen molar-refractivity contribution < 1.29 is 9.53 Å². The first-order chi connectivity index (χ1) is 10.7. The van der Waals surface area contributed by atoms with E-state index in [2.05, 4.69) is 50.1 Å². The molecule has 0 unspecified atom stereocenters. The van der Waals surface area contributed by atoms with E-state index in [4.69, 9.17) is 4.74 Å². The van der Waals surface area contributed by atoms with Gasteiger partial charge in [0.1, 0.15) is 10.8 Å². The minimum Gasteiger partial charge on any atom is -0.492 e. The van der Waals surface area contributed by atoms with Gasteiger partial charge in [0.15, 0.2) is 0 Å². The van der Waals surface area contributed by atoms with Crippen LogP contribution in [0.2, 0.25) is 0 Å². The van der Waals surface area contributed by atoms with Crippen LogP contribution in [-0.2, 0) is 10.8 Å². The Balaban J connectivity index is 1.81. The van der Waals surface area contributed by atoms with Crippen molar-refractivity contribution in [3.63, 3.8) is 0 Å². The fourth-order valence-corrected chi connectivity index (χ4v) is 3.20. The maximum Gasteiger partial charge on any atom is 0.257 e. The number of nitrogens with zero attached hydrogens (tertiary/aromatic N) is 2. The van der Waals surface area contributed by atoms with Gasteiger partial charge in [0, 0.05) is 22.0 Å². The lowest BCUT2D eigenvalue weighted by Crippen LogP contribution is -2.19. The summed E-state index contributed by atoms with van der Waals surface area (Å²) in [6.07, 6.45) is 0. The van der Waals surface area contributed by atoms with Crippen molar-refractivity contribution in [1.29, 1.82) is 0 Å². The van der Waals surface area contributed by atoms with Gasteiger partial charge >= 0.3 is 0 Å². The highest BCUT2D eigenvalue weighted by atomic mass is 32.1. The molecule has 0 atom stereocenters. The largest absolute Gasteiger partial charge is 0.492 e. The first-order valence-corrected chi connectivity index (χ1v) is 8.41. The van der Waals surface area contributed by atoms with E-state index in [1.807, 2.05) is 12.1 Å². The van der Waals surface area contributed by atoms with E-state index >= 15 is 0 Å². The normalized spacial score (nSPS) is 15.9. The van der Waals surface area contributed by atoms with Crippen molar-refractivity contribution in [2.24, 2.45) is 0 Å². The molecular weight excluding hydrogens is 310 g/mol. The Labute approximate surface area is 140 Å². The minimum atomic E-state index is -0.174. The topological polar surface area (TPSA) is 64.1 Å². The smallest absolute Gasteiger partial charge is 0.257 e. The number of carbonyl (C=O) groups is 1. The van der Waals surface area contributed by atoms with Crippen LogP contribution in [0.25, 0.3) is 0 Å². The van der Waals surface area contributed by atoms with Crippen molar-refractivity contribution >= 4 is 22.4 Å². The summed E-state index contributed by atoms with van der Waals surface area (Å²) in [5.74, 6) is 0.685. The molecule has 6 heteroatoms. The summed E-state index contributed by atoms with van der Waals surface area (Å²) in [7, 11) is 0. The molecule has 1 aliphatic rings. The summed E-state index contributed by atoms with van der Waals surface area (Å²) in [4.78, 5) is 12.5. The Kier molecular flexibility index (Phi) is 3.67. The third-order valence-electron chi connectivity index (χ3n) is 3.85. The molecule has 0 fully saturated rings. The highest BCUT2D eigenvalue weighted by molar-refractivity contribution is 7.15. The van der Waals surface area contributed by atoms with E-state index in [0.717, 1.165) is 16.3 Å². The SMILES string of the molecule is CC(C)(C)c1nnc(NC(=O)c2ccc3c(c2)C(C)(C)CO3)s1. The summed E-state index contributed by atoms with van der Waals surface area (Å²) in [6.45, 7) is 11.1. The van der Waals surface area contributed by atoms with Crippen LogP contribution in [0.3, 0.4) is 0 Å². The second-order valence-corrected chi connectivity index (χ2v) is 8.48. The maximum atomic E-state index is 12.5. The number of rotatable bonds is 2. The van der Waals surface area contributed by atoms with Gasteiger partial charge in [-0.15, -0.1) is 10.2 Å². The number of anilines is 1. The molecule has 5 nitrogen and oxygen atoms in total. The molecule has 1 N–H and O–H groups in total. The number of hydrogen-bond acceptors (Lipinski definition) is 5. The van der Waals surface area contributed by atoms with Gasteiger partial charge in [-0.05, 0) is 18.2 Å². The molecule has 23 heavy (non-hydrogen) atoms. The molecule has 3 rings (SSSR count). The average Bonchev–Trinajstić information content (AvgIpc) is 3.04. The van der Waals surface area contributed by atoms with Gasteiger partial charge in [0.25, 0.3) is 5.91 Å². The Hall–Kier alpha value is -1.95. The van der Waals surface area contributed by atoms with Crippen LogP contribution in [0.1, 0.15) is 55.5 Å². The van der Waals surface area contributed by atoms with Crippen molar-refractivity contribution in [2.45, 2.75) is 45.4 Å². The van der Waals surface area contributed by atoms with Crippen molar-refractivity contribution in [3.8, 4) is 5.75 Å². The molecule has 122 valence electrons. The number of ether oxygens (including phenoxy) is 1. The zero-order valence-corrected chi connectivity index (χ0v) is 14.9. The van der Waals surface area contributed by atoms with Crippen LogP contribution in [0, 0.1) is 0 Å². The van der Waals surface area contributed by atoms with E-state index in [1.54, 1.807) is 6.07 Å². The lowest BCUT2D eigenvalue weighted by atomic mass is 9.86. The van der Waals surface area contributed by atoms with Gasteiger partial charge in [-0.2, -0.15) is 0 Å². The first-order valence-electron chi connectivity index (χ1n) is 7.59. The Morgan fingerprint density at radius 3 is 2.70 bits per heavy atom. The molecule has 1 amide bonds. The second-order valence-electron chi connectivity index (χ2n) is 7.50. The summed E-state index contributed by atoms with van der Waals surface area (Å²) in [6, 6.07) is 5.55. The number of fused-ring (bicyclic) bond motifs is 1. The van der Waals surface area contributed by atoms with Crippen molar-refractivity contribution in [2.75, 3.05) is 11.9 Å². The number of amides is 1. The van der Waals surface area contributed by atoms with E-state index in [-0.39, 0.29) is 16.7 Å². The van der Waals surface area contributed by atoms with Gasteiger partial charge in [0.2, 0.25) is 5.13 Å². The number of benzene rings is 1. The number of nitrogens with one attached hydrogen (secondary N) is 1. The Morgan fingerprint density at radius 2 is 2.04 bits per heavy atom. The summed E-state index contributed by atoms with van der Waals surface area (Å²) < 4.78 is 5.66. The zero-order valence-electron chi connectivity index (χ0n) is 14.1. The summed E-state index contributed by atoms with van der Waals surface area (Å²) >= 11 is 1.41. The second kappa shape index (κ2) is 5.30. The molecule has 0 bridgehead atoms. The molecule has 1 aromatic carbocycles. The maximum absolute atomic E-state index is 12.5. The van der Waals surface area contributed by atoms with Gasteiger partial charge in [-0.25, -0.2) is 0 Å². The average molecular weight is 331 g/mol. The Morgan fingerprint density at radius 1 is 1.30 bits per heavy atom. The predicted octanol–water partition coefficient (Wildman–Crippen LogP) is 3.76. The Bertz CT molecular complexity index is 759. The number of carbonyl (C=O) groups excluding carboxylic acids is 1. The molecule has 0 radical (unpaired) electrons. The highest BCUT2D eigenvalue weighted by Crippen LogP contribution is 2.38. The molecule has 1 aliphatic heterocycles. The van der Waals surface area contributed by atoms with Gasteiger partial charge in [0.05, 0.1) is 6.61 Å². The van der Waals surface area contributed by atoms with E-state index in [1.165, 1.54) is 11.3 Å². The molecule has 2 heterocycles. The monoisotopic (exact) mass is 331 g/mol. The third kappa shape index (κ3) is 3.08. The fourth-order valence-electron chi connectivity index (χ4n) is 2.41. The van der Waals surface area contributed by atoms with Crippen molar-refractivity contribution in [3.05, 3.63) is 34.3 Å². The van der Waals surface area contributed by atoms with Crippen LogP contribution in [0.5, 0.6) is 5.75 Å². The summed E-state index contributed by atoms with van der Waals surface area (Å²) in [5.41, 5.74) is 1.52. The zero-order chi connectivity index (χ0) is 16.8. The highest BCUT2D eigenvalue weighted by Gasteiger charge is 2.32. The van der Waals surface area contributed by atoms with E-state index in [9.17, 15) is 4.79 Å². The lowest BCUT2D eigenvalue weighted by Gasteiger charge is -2.15. The quantitative estimate of drug-likeness (QED) is 0.910. The van der Waals surface area contributed by atoms with Gasteiger partial charge in [-0.3, -0.25) is 10.1 Å². The summed E-state index contributed by atoms with van der Waals surface area (Å²) in [5, 5.41) is 12.5. The van der Waals surface area contributed by atoms with Crippen LogP contribution in [-0.4, -0.2) is 22.7 Å².